The molecule has 4 heteroatoms. The van der Waals surface area contributed by atoms with E-state index in [1.54, 1.807) is 30.6 Å². The van der Waals surface area contributed by atoms with Gasteiger partial charge in [0.05, 0.1) is 12.8 Å². The Morgan fingerprint density at radius 2 is 1.70 bits per heavy atom. The first-order chi connectivity index (χ1) is 11.1. The zero-order valence-corrected chi connectivity index (χ0v) is 13.2. The van der Waals surface area contributed by atoms with Crippen LogP contribution in [0.3, 0.4) is 0 Å². The minimum atomic E-state index is -0.0259. The van der Waals surface area contributed by atoms with Gasteiger partial charge in [-0.15, -0.1) is 0 Å². The van der Waals surface area contributed by atoms with Gasteiger partial charge in [0, 0.05) is 25.0 Å². The molecule has 3 rings (SSSR count). The molecule has 23 heavy (non-hydrogen) atoms. The van der Waals surface area contributed by atoms with E-state index in [9.17, 15) is 4.79 Å². The summed E-state index contributed by atoms with van der Waals surface area (Å²) in [6.07, 6.45) is 5.16. The van der Waals surface area contributed by atoms with E-state index in [0.29, 0.717) is 12.1 Å². The molecule has 0 aliphatic carbocycles. The van der Waals surface area contributed by atoms with Gasteiger partial charge in [-0.1, -0.05) is 12.1 Å². The number of rotatable bonds is 4. The largest absolute Gasteiger partial charge is 0.467 e. The average molecular weight is 306 g/mol. The van der Waals surface area contributed by atoms with Gasteiger partial charge >= 0.3 is 0 Å². The van der Waals surface area contributed by atoms with Crippen LogP contribution in [-0.4, -0.2) is 22.8 Å². The van der Waals surface area contributed by atoms with Crippen molar-refractivity contribution >= 4 is 5.91 Å². The van der Waals surface area contributed by atoms with Gasteiger partial charge in [0.25, 0.3) is 5.91 Å². The summed E-state index contributed by atoms with van der Waals surface area (Å²) < 4.78 is 5.40. The van der Waals surface area contributed by atoms with Crippen molar-refractivity contribution in [3.63, 3.8) is 0 Å². The fraction of sp³-hybridized carbons (Fsp3) is 0.158. The molecule has 0 atom stereocenters. The minimum absolute atomic E-state index is 0.0259. The third kappa shape index (κ3) is 3.31. The number of nitrogens with zero attached hydrogens (tertiary/aromatic N) is 2. The van der Waals surface area contributed by atoms with Crippen LogP contribution in [0.5, 0.6) is 0 Å². The third-order valence-electron chi connectivity index (χ3n) is 3.84. The second kappa shape index (κ2) is 6.48. The van der Waals surface area contributed by atoms with Crippen LogP contribution in [0.25, 0.3) is 11.1 Å². The number of carbonyl (C=O) groups is 1. The first kappa shape index (κ1) is 15.0. The Labute approximate surface area is 135 Å². The fourth-order valence-corrected chi connectivity index (χ4v) is 2.42. The van der Waals surface area contributed by atoms with Crippen molar-refractivity contribution in [1.82, 2.24) is 9.88 Å². The minimum Gasteiger partial charge on any atom is -0.467 e. The molecule has 4 nitrogen and oxygen atoms in total. The van der Waals surface area contributed by atoms with Gasteiger partial charge in [-0.05, 0) is 53.9 Å². The molecule has 116 valence electrons. The van der Waals surface area contributed by atoms with E-state index in [-0.39, 0.29) is 5.91 Å². The quantitative estimate of drug-likeness (QED) is 0.734. The van der Waals surface area contributed by atoms with Crippen molar-refractivity contribution in [1.29, 1.82) is 0 Å². The molecule has 0 bridgehead atoms. The maximum Gasteiger partial charge on any atom is 0.254 e. The first-order valence-electron chi connectivity index (χ1n) is 7.44. The highest BCUT2D eigenvalue weighted by molar-refractivity contribution is 5.94. The van der Waals surface area contributed by atoms with Gasteiger partial charge in [0.1, 0.15) is 5.76 Å². The highest BCUT2D eigenvalue weighted by Gasteiger charge is 2.14. The predicted octanol–water partition coefficient (Wildman–Crippen LogP) is 3.92. The van der Waals surface area contributed by atoms with Crippen LogP contribution in [0.4, 0.5) is 0 Å². The van der Waals surface area contributed by atoms with Gasteiger partial charge in [-0.25, -0.2) is 0 Å². The first-order valence-corrected chi connectivity index (χ1v) is 7.44. The molecule has 0 unspecified atom stereocenters. The van der Waals surface area contributed by atoms with Crippen LogP contribution in [-0.2, 0) is 6.54 Å². The molecule has 0 spiro atoms. The number of benzene rings is 1. The van der Waals surface area contributed by atoms with Crippen molar-refractivity contribution in [2.75, 3.05) is 7.05 Å². The van der Waals surface area contributed by atoms with Crippen molar-refractivity contribution < 1.29 is 9.21 Å². The van der Waals surface area contributed by atoms with Crippen molar-refractivity contribution in [2.45, 2.75) is 13.5 Å². The second-order valence-corrected chi connectivity index (χ2v) is 5.50. The van der Waals surface area contributed by atoms with Gasteiger partial charge in [-0.2, -0.15) is 0 Å². The van der Waals surface area contributed by atoms with E-state index < -0.39 is 0 Å². The van der Waals surface area contributed by atoms with Crippen molar-refractivity contribution in [2.24, 2.45) is 0 Å². The molecule has 3 aromatic rings. The highest BCUT2D eigenvalue weighted by atomic mass is 16.3. The van der Waals surface area contributed by atoms with Crippen molar-refractivity contribution in [3.8, 4) is 11.1 Å². The lowest BCUT2D eigenvalue weighted by Gasteiger charge is -2.16. The van der Waals surface area contributed by atoms with Gasteiger partial charge in [0.2, 0.25) is 0 Å². The van der Waals surface area contributed by atoms with Gasteiger partial charge in [-0.3, -0.25) is 9.78 Å². The maximum atomic E-state index is 12.5. The standard InChI is InChI=1S/C19H18N2O2/c1-14-9-12-23-18(14)13-21(2)19(22)17-5-3-15(4-6-17)16-7-10-20-11-8-16/h3-12H,13H2,1-2H3. The molecule has 0 saturated heterocycles. The lowest BCUT2D eigenvalue weighted by Crippen LogP contribution is -2.26. The normalized spacial score (nSPS) is 10.5. The number of aryl methyl sites for hydroxylation is 1. The summed E-state index contributed by atoms with van der Waals surface area (Å²) in [6.45, 7) is 2.43. The topological polar surface area (TPSA) is 46.3 Å². The Kier molecular flexibility index (Phi) is 4.24. The van der Waals surface area contributed by atoms with E-state index in [1.807, 2.05) is 49.4 Å². The Hall–Kier alpha value is -2.88. The zero-order valence-electron chi connectivity index (χ0n) is 13.2. The van der Waals surface area contributed by atoms with E-state index in [1.165, 1.54) is 0 Å². The fourth-order valence-electron chi connectivity index (χ4n) is 2.42. The van der Waals surface area contributed by atoms with Crippen LogP contribution in [0.15, 0.2) is 65.5 Å². The number of hydrogen-bond acceptors (Lipinski definition) is 3. The monoisotopic (exact) mass is 306 g/mol. The van der Waals surface area contributed by atoms with E-state index in [0.717, 1.165) is 22.5 Å². The molecule has 1 amide bonds. The summed E-state index contributed by atoms with van der Waals surface area (Å²) in [4.78, 5) is 18.2. The number of amides is 1. The van der Waals surface area contributed by atoms with Crippen LogP contribution in [0, 0.1) is 6.92 Å². The summed E-state index contributed by atoms with van der Waals surface area (Å²) in [5.74, 6) is 0.788. The van der Waals surface area contributed by atoms with Crippen LogP contribution in [0.2, 0.25) is 0 Å². The summed E-state index contributed by atoms with van der Waals surface area (Å²) in [5.41, 5.74) is 3.86. The lowest BCUT2D eigenvalue weighted by molar-refractivity contribution is 0.0775. The number of pyridine rings is 1. The van der Waals surface area contributed by atoms with Crippen molar-refractivity contribution in [3.05, 3.63) is 78.0 Å². The molecule has 0 aliphatic heterocycles. The molecule has 1 aromatic carbocycles. The zero-order chi connectivity index (χ0) is 16.2. The number of furan rings is 1. The Morgan fingerprint density at radius 3 is 2.30 bits per heavy atom. The summed E-state index contributed by atoms with van der Waals surface area (Å²) in [5, 5.41) is 0. The second-order valence-electron chi connectivity index (χ2n) is 5.50. The lowest BCUT2D eigenvalue weighted by atomic mass is 10.0. The van der Waals surface area contributed by atoms with E-state index in [4.69, 9.17) is 4.42 Å². The molecule has 0 saturated carbocycles. The molecule has 2 heterocycles. The SMILES string of the molecule is Cc1ccoc1CN(C)C(=O)c1ccc(-c2ccncc2)cc1. The Bertz CT molecular complexity index is 792. The molecule has 0 radical (unpaired) electrons. The predicted molar refractivity (Wildman–Crippen MR) is 88.9 cm³/mol. The number of carbonyl (C=O) groups excluding carboxylic acids is 1. The van der Waals surface area contributed by atoms with Gasteiger partial charge < -0.3 is 9.32 Å². The Balaban J connectivity index is 1.74. The van der Waals surface area contributed by atoms with Crippen LogP contribution < -0.4 is 0 Å². The van der Waals surface area contributed by atoms with E-state index in [2.05, 4.69) is 4.98 Å². The molecule has 2 aromatic heterocycles. The number of hydrogen-bond donors (Lipinski definition) is 0. The third-order valence-corrected chi connectivity index (χ3v) is 3.84. The van der Waals surface area contributed by atoms with Gasteiger partial charge in [0.15, 0.2) is 0 Å². The molecule has 0 N–H and O–H groups in total. The van der Waals surface area contributed by atoms with Crippen LogP contribution >= 0.6 is 0 Å². The Morgan fingerprint density at radius 1 is 1.04 bits per heavy atom. The van der Waals surface area contributed by atoms with Crippen LogP contribution in [0.1, 0.15) is 21.7 Å². The summed E-state index contributed by atoms with van der Waals surface area (Å²) in [7, 11) is 1.78. The highest BCUT2D eigenvalue weighted by Crippen LogP contribution is 2.20. The summed E-state index contributed by atoms with van der Waals surface area (Å²) in [6, 6.07) is 13.4. The maximum absolute atomic E-state index is 12.5. The average Bonchev–Trinajstić information content (AvgIpc) is 3.00. The smallest absolute Gasteiger partial charge is 0.254 e. The molecule has 0 aliphatic rings. The summed E-state index contributed by atoms with van der Waals surface area (Å²) >= 11 is 0. The molecule has 0 fully saturated rings. The van der Waals surface area contributed by atoms with E-state index >= 15 is 0 Å². The molecular weight excluding hydrogens is 288 g/mol. The number of aromatic nitrogens is 1. The molecular formula is C19H18N2O2.